The van der Waals surface area contributed by atoms with Gasteiger partial charge in [-0.3, -0.25) is 4.79 Å². The molecule has 0 bridgehead atoms. The van der Waals surface area contributed by atoms with E-state index in [0.717, 1.165) is 12.0 Å². The maximum Gasteiger partial charge on any atom is 0.306 e. The van der Waals surface area contributed by atoms with E-state index in [1.54, 1.807) is 19.1 Å². The molecule has 2 N–H and O–H groups in total. The molecule has 0 radical (unpaired) electrons. The summed E-state index contributed by atoms with van der Waals surface area (Å²) >= 11 is 0. The van der Waals surface area contributed by atoms with Crippen molar-refractivity contribution < 1.29 is 18.3 Å². The van der Waals surface area contributed by atoms with Gasteiger partial charge in [0.05, 0.1) is 10.8 Å². The zero-order valence-corrected chi connectivity index (χ0v) is 13.5. The third-order valence-electron chi connectivity index (χ3n) is 3.66. The summed E-state index contributed by atoms with van der Waals surface area (Å²) in [4.78, 5) is 10.9. The van der Waals surface area contributed by atoms with Crippen LogP contribution in [-0.2, 0) is 14.8 Å². The van der Waals surface area contributed by atoms with E-state index in [2.05, 4.69) is 18.6 Å². The molecular weight excluding hydrogens is 290 g/mol. The minimum atomic E-state index is -3.57. The van der Waals surface area contributed by atoms with Crippen LogP contribution in [0.5, 0.6) is 0 Å². The Hall–Kier alpha value is -1.40. The lowest BCUT2D eigenvalue weighted by molar-refractivity contribution is -0.141. The Bertz CT molecular complexity index is 566. The first kappa shape index (κ1) is 17.7. The molecule has 0 heterocycles. The van der Waals surface area contributed by atoms with E-state index < -0.39 is 21.9 Å². The van der Waals surface area contributed by atoms with E-state index in [1.807, 2.05) is 12.1 Å². The van der Waals surface area contributed by atoms with Gasteiger partial charge in [-0.1, -0.05) is 32.9 Å². The van der Waals surface area contributed by atoms with E-state index in [-0.39, 0.29) is 17.9 Å². The number of hydrogen-bond donors (Lipinski definition) is 2. The van der Waals surface area contributed by atoms with Gasteiger partial charge in [0.1, 0.15) is 0 Å². The van der Waals surface area contributed by atoms with Crippen molar-refractivity contribution in [3.63, 3.8) is 0 Å². The summed E-state index contributed by atoms with van der Waals surface area (Å²) in [5.41, 5.74) is 1.11. The average Bonchev–Trinajstić information content (AvgIpc) is 2.46. The van der Waals surface area contributed by atoms with Crippen molar-refractivity contribution in [1.82, 2.24) is 4.72 Å². The van der Waals surface area contributed by atoms with Crippen molar-refractivity contribution in [2.75, 3.05) is 6.54 Å². The number of sulfonamides is 1. The summed E-state index contributed by atoms with van der Waals surface area (Å²) < 4.78 is 26.6. The standard InChI is InChI=1S/C15H23NO4S/c1-4-11(2)13-5-7-14(8-6-13)21(19,20)16-10-9-12(3)15(17)18/h5-8,11-12,16H,4,9-10H2,1-3H3,(H,17,18). The van der Waals surface area contributed by atoms with Gasteiger partial charge in [-0.2, -0.15) is 0 Å². The van der Waals surface area contributed by atoms with Crippen LogP contribution in [0.4, 0.5) is 0 Å². The highest BCUT2D eigenvalue weighted by Crippen LogP contribution is 2.20. The fourth-order valence-electron chi connectivity index (χ4n) is 1.83. The van der Waals surface area contributed by atoms with Gasteiger partial charge in [0, 0.05) is 6.54 Å². The smallest absolute Gasteiger partial charge is 0.306 e. The van der Waals surface area contributed by atoms with Crippen LogP contribution >= 0.6 is 0 Å². The maximum absolute atomic E-state index is 12.1. The predicted octanol–water partition coefficient (Wildman–Crippen LogP) is 2.59. The van der Waals surface area contributed by atoms with Gasteiger partial charge < -0.3 is 5.11 Å². The molecule has 118 valence electrons. The summed E-state index contributed by atoms with van der Waals surface area (Å²) in [5, 5.41) is 8.76. The van der Waals surface area contributed by atoms with Crippen LogP contribution in [0.15, 0.2) is 29.2 Å². The van der Waals surface area contributed by atoms with Crippen LogP contribution in [0.2, 0.25) is 0 Å². The maximum atomic E-state index is 12.1. The van der Waals surface area contributed by atoms with Gasteiger partial charge in [0.25, 0.3) is 0 Å². The van der Waals surface area contributed by atoms with Crippen molar-refractivity contribution in [2.45, 2.75) is 44.4 Å². The molecule has 5 nitrogen and oxygen atoms in total. The Balaban J connectivity index is 2.68. The molecule has 21 heavy (non-hydrogen) atoms. The van der Waals surface area contributed by atoms with Gasteiger partial charge in [-0.05, 0) is 36.5 Å². The highest BCUT2D eigenvalue weighted by atomic mass is 32.2. The Kier molecular flexibility index (Phi) is 6.36. The molecule has 0 saturated carbocycles. The van der Waals surface area contributed by atoms with Crippen LogP contribution in [0.25, 0.3) is 0 Å². The normalized spacial score (nSPS) is 14.6. The lowest BCUT2D eigenvalue weighted by atomic mass is 9.99. The van der Waals surface area contributed by atoms with Gasteiger partial charge in [-0.25, -0.2) is 13.1 Å². The first-order valence-electron chi connectivity index (χ1n) is 7.10. The average molecular weight is 313 g/mol. The zero-order chi connectivity index (χ0) is 16.0. The van der Waals surface area contributed by atoms with Crippen molar-refractivity contribution in [2.24, 2.45) is 5.92 Å². The number of carbonyl (C=O) groups is 1. The Morgan fingerprint density at radius 2 is 1.81 bits per heavy atom. The third-order valence-corrected chi connectivity index (χ3v) is 5.14. The molecular formula is C15H23NO4S. The first-order valence-corrected chi connectivity index (χ1v) is 8.58. The number of benzene rings is 1. The molecule has 6 heteroatoms. The number of rotatable bonds is 8. The number of carboxylic acid groups (broad SMARTS) is 1. The molecule has 0 spiro atoms. The topological polar surface area (TPSA) is 83.5 Å². The summed E-state index contributed by atoms with van der Waals surface area (Å²) in [6.45, 7) is 5.84. The lowest BCUT2D eigenvalue weighted by Crippen LogP contribution is -2.27. The highest BCUT2D eigenvalue weighted by molar-refractivity contribution is 7.89. The monoisotopic (exact) mass is 313 g/mol. The second-order valence-electron chi connectivity index (χ2n) is 5.30. The predicted molar refractivity (Wildman–Crippen MR) is 81.8 cm³/mol. The fourth-order valence-corrected chi connectivity index (χ4v) is 2.88. The molecule has 0 aromatic heterocycles. The van der Waals surface area contributed by atoms with Gasteiger partial charge in [-0.15, -0.1) is 0 Å². The number of nitrogens with one attached hydrogen (secondary N) is 1. The molecule has 2 atom stereocenters. The molecule has 1 aromatic rings. The highest BCUT2D eigenvalue weighted by Gasteiger charge is 2.16. The van der Waals surface area contributed by atoms with Gasteiger partial charge in [0.2, 0.25) is 10.0 Å². The number of carboxylic acids is 1. The molecule has 0 aliphatic heterocycles. The van der Waals surface area contributed by atoms with Crippen LogP contribution in [0.1, 0.15) is 45.1 Å². The Labute approximate surface area is 126 Å². The van der Waals surface area contributed by atoms with Crippen LogP contribution in [0.3, 0.4) is 0 Å². The van der Waals surface area contributed by atoms with Crippen LogP contribution in [0, 0.1) is 5.92 Å². The summed E-state index contributed by atoms with van der Waals surface area (Å²) in [6, 6.07) is 6.82. The Morgan fingerprint density at radius 1 is 1.24 bits per heavy atom. The van der Waals surface area contributed by atoms with E-state index in [4.69, 9.17) is 5.11 Å². The van der Waals surface area contributed by atoms with E-state index >= 15 is 0 Å². The molecule has 0 aliphatic carbocycles. The molecule has 1 aromatic carbocycles. The lowest BCUT2D eigenvalue weighted by Gasteiger charge is -2.11. The molecule has 0 saturated heterocycles. The van der Waals surface area contributed by atoms with Crippen molar-refractivity contribution in [1.29, 1.82) is 0 Å². The van der Waals surface area contributed by atoms with Crippen LogP contribution in [-0.4, -0.2) is 26.0 Å². The molecule has 1 rings (SSSR count). The van der Waals surface area contributed by atoms with E-state index in [0.29, 0.717) is 5.92 Å². The quantitative estimate of drug-likeness (QED) is 0.772. The van der Waals surface area contributed by atoms with Crippen molar-refractivity contribution in [3.05, 3.63) is 29.8 Å². The van der Waals surface area contributed by atoms with Crippen molar-refractivity contribution >= 4 is 16.0 Å². The molecule has 0 aliphatic rings. The Morgan fingerprint density at radius 3 is 2.29 bits per heavy atom. The third kappa shape index (κ3) is 5.13. The molecule has 0 amide bonds. The summed E-state index contributed by atoms with van der Waals surface area (Å²) in [7, 11) is -3.57. The SMILES string of the molecule is CCC(C)c1ccc(S(=O)(=O)NCCC(C)C(=O)O)cc1. The van der Waals surface area contributed by atoms with Gasteiger partial charge >= 0.3 is 5.97 Å². The largest absolute Gasteiger partial charge is 0.481 e. The second kappa shape index (κ2) is 7.56. The molecule has 2 unspecified atom stereocenters. The summed E-state index contributed by atoms with van der Waals surface area (Å²) in [6.07, 6.45) is 1.26. The minimum absolute atomic E-state index is 0.114. The number of aliphatic carboxylic acids is 1. The summed E-state index contributed by atoms with van der Waals surface area (Å²) in [5.74, 6) is -1.10. The van der Waals surface area contributed by atoms with Crippen LogP contribution < -0.4 is 4.72 Å². The second-order valence-corrected chi connectivity index (χ2v) is 7.07. The van der Waals surface area contributed by atoms with Gasteiger partial charge in [0.15, 0.2) is 0 Å². The zero-order valence-electron chi connectivity index (χ0n) is 12.7. The minimum Gasteiger partial charge on any atom is -0.481 e. The van der Waals surface area contributed by atoms with Crippen molar-refractivity contribution in [3.8, 4) is 0 Å². The van der Waals surface area contributed by atoms with E-state index in [1.165, 1.54) is 0 Å². The van der Waals surface area contributed by atoms with E-state index in [9.17, 15) is 13.2 Å². The molecule has 0 fully saturated rings. The number of hydrogen-bond acceptors (Lipinski definition) is 3. The fraction of sp³-hybridized carbons (Fsp3) is 0.533. The first-order chi connectivity index (χ1) is 9.77.